The van der Waals surface area contributed by atoms with Crippen LogP contribution in [0.25, 0.3) is 11.3 Å². The molecule has 0 spiro atoms. The molecule has 1 aromatic carbocycles. The fraction of sp³-hybridized carbons (Fsp3) is 0.167. The summed E-state index contributed by atoms with van der Waals surface area (Å²) in [6.45, 7) is 2.36. The van der Waals surface area contributed by atoms with Gasteiger partial charge in [0.1, 0.15) is 5.82 Å². The van der Waals surface area contributed by atoms with Gasteiger partial charge < -0.3 is 15.7 Å². The Balaban J connectivity index is 1.98. The lowest BCUT2D eigenvalue weighted by Crippen LogP contribution is -2.10. The van der Waals surface area contributed by atoms with Gasteiger partial charge in [0.05, 0.1) is 12.3 Å². The van der Waals surface area contributed by atoms with Crippen LogP contribution in [0.2, 0.25) is 5.02 Å². The van der Waals surface area contributed by atoms with Crippen LogP contribution in [0.3, 0.4) is 0 Å². The van der Waals surface area contributed by atoms with Crippen molar-refractivity contribution in [2.24, 2.45) is 0 Å². The van der Waals surface area contributed by atoms with E-state index < -0.39 is 0 Å². The van der Waals surface area contributed by atoms with E-state index in [1.165, 1.54) is 0 Å². The number of halogens is 1. The van der Waals surface area contributed by atoms with Gasteiger partial charge in [-0.05, 0) is 36.8 Å². The molecule has 0 atom stereocenters. The summed E-state index contributed by atoms with van der Waals surface area (Å²) in [5.41, 5.74) is 3.53. The third-order valence-electron chi connectivity index (χ3n) is 3.54. The second-order valence-electron chi connectivity index (χ2n) is 5.44. The summed E-state index contributed by atoms with van der Waals surface area (Å²) in [6, 6.07) is 11.3. The first kappa shape index (κ1) is 17.1. The zero-order valence-electron chi connectivity index (χ0n) is 13.7. The number of benzene rings is 1. The summed E-state index contributed by atoms with van der Waals surface area (Å²) in [5, 5.41) is 16.0. The molecule has 0 aliphatic carbocycles. The highest BCUT2D eigenvalue weighted by atomic mass is 35.5. The van der Waals surface area contributed by atoms with E-state index in [0.717, 1.165) is 22.5 Å². The number of aliphatic hydroxyl groups excluding tert-OH is 1. The third-order valence-corrected chi connectivity index (χ3v) is 3.78. The Morgan fingerprint density at radius 1 is 1.16 bits per heavy atom. The highest BCUT2D eigenvalue weighted by molar-refractivity contribution is 6.30. The molecule has 3 rings (SSSR count). The van der Waals surface area contributed by atoms with Crippen molar-refractivity contribution in [2.75, 3.05) is 23.8 Å². The number of aryl methyl sites for hydroxylation is 1. The quantitative estimate of drug-likeness (QED) is 0.626. The van der Waals surface area contributed by atoms with Gasteiger partial charge in [-0.1, -0.05) is 17.7 Å². The Kier molecular flexibility index (Phi) is 5.42. The third kappa shape index (κ3) is 4.43. The normalized spacial score (nSPS) is 10.5. The van der Waals surface area contributed by atoms with E-state index in [9.17, 15) is 0 Å². The molecular formula is C18H18ClN5O. The molecule has 128 valence electrons. The maximum atomic E-state index is 9.03. The number of aliphatic hydroxyl groups is 1. The van der Waals surface area contributed by atoms with E-state index in [4.69, 9.17) is 16.7 Å². The van der Waals surface area contributed by atoms with Crippen LogP contribution in [0, 0.1) is 6.92 Å². The topological polar surface area (TPSA) is 83.0 Å². The Morgan fingerprint density at radius 3 is 2.80 bits per heavy atom. The van der Waals surface area contributed by atoms with Crippen LogP contribution in [-0.4, -0.2) is 33.2 Å². The zero-order chi connectivity index (χ0) is 17.6. The molecule has 2 aromatic heterocycles. The molecule has 6 nitrogen and oxygen atoms in total. The van der Waals surface area contributed by atoms with E-state index in [0.29, 0.717) is 23.3 Å². The number of hydrogen-bond acceptors (Lipinski definition) is 6. The number of nitrogens with one attached hydrogen (secondary N) is 2. The first-order valence-corrected chi connectivity index (χ1v) is 8.21. The van der Waals surface area contributed by atoms with Crippen LogP contribution in [0.4, 0.5) is 17.5 Å². The minimum atomic E-state index is -0.00333. The number of hydrogen-bond donors (Lipinski definition) is 3. The molecule has 0 saturated carbocycles. The van der Waals surface area contributed by atoms with Gasteiger partial charge in [-0.3, -0.25) is 4.98 Å². The lowest BCUT2D eigenvalue weighted by molar-refractivity contribution is 0.311. The van der Waals surface area contributed by atoms with Gasteiger partial charge in [-0.2, -0.15) is 4.98 Å². The predicted octanol–water partition coefficient (Wildman–Crippen LogP) is 3.65. The summed E-state index contributed by atoms with van der Waals surface area (Å²) in [7, 11) is 0. The van der Waals surface area contributed by atoms with Crippen molar-refractivity contribution in [3.8, 4) is 11.3 Å². The van der Waals surface area contributed by atoms with Gasteiger partial charge in [-0.15, -0.1) is 0 Å². The first-order chi connectivity index (χ1) is 12.2. The standard InChI is InChI=1S/C18H18ClN5O/c1-12-4-5-14(19)9-15(12)22-17-10-16(13-3-2-6-20-11-13)23-18(24-17)21-7-8-25/h2-6,9-11,25H,7-8H2,1H3,(H2,21,22,23,24). The Hall–Kier alpha value is -2.70. The van der Waals surface area contributed by atoms with Crippen LogP contribution < -0.4 is 10.6 Å². The van der Waals surface area contributed by atoms with E-state index in [-0.39, 0.29) is 6.61 Å². The van der Waals surface area contributed by atoms with E-state index in [1.54, 1.807) is 12.4 Å². The van der Waals surface area contributed by atoms with Crippen molar-refractivity contribution >= 4 is 29.1 Å². The van der Waals surface area contributed by atoms with Gasteiger partial charge in [0.2, 0.25) is 5.95 Å². The summed E-state index contributed by atoms with van der Waals surface area (Å²) >= 11 is 6.09. The molecule has 0 radical (unpaired) electrons. The number of rotatable bonds is 6. The molecule has 3 aromatic rings. The molecule has 2 heterocycles. The fourth-order valence-corrected chi connectivity index (χ4v) is 2.46. The molecule has 25 heavy (non-hydrogen) atoms. The van der Waals surface area contributed by atoms with Crippen molar-refractivity contribution < 1.29 is 5.11 Å². The van der Waals surface area contributed by atoms with E-state index >= 15 is 0 Å². The van der Waals surface area contributed by atoms with Gasteiger partial charge >= 0.3 is 0 Å². The SMILES string of the molecule is Cc1ccc(Cl)cc1Nc1cc(-c2cccnc2)nc(NCCO)n1. The van der Waals surface area contributed by atoms with Crippen LogP contribution in [0.15, 0.2) is 48.8 Å². The molecule has 7 heteroatoms. The van der Waals surface area contributed by atoms with Gasteiger partial charge in [0, 0.05) is 41.3 Å². The molecule has 0 bridgehead atoms. The summed E-state index contributed by atoms with van der Waals surface area (Å²) in [4.78, 5) is 13.1. The van der Waals surface area contributed by atoms with Crippen molar-refractivity contribution in [1.82, 2.24) is 15.0 Å². The summed E-state index contributed by atoms with van der Waals surface area (Å²) in [6.07, 6.45) is 3.46. The van der Waals surface area contributed by atoms with Crippen molar-refractivity contribution in [3.63, 3.8) is 0 Å². The van der Waals surface area contributed by atoms with E-state index in [1.807, 2.05) is 43.3 Å². The Bertz CT molecular complexity index is 857. The molecular weight excluding hydrogens is 338 g/mol. The molecule has 0 amide bonds. The maximum Gasteiger partial charge on any atom is 0.225 e. The smallest absolute Gasteiger partial charge is 0.225 e. The first-order valence-electron chi connectivity index (χ1n) is 7.83. The second kappa shape index (κ2) is 7.92. The minimum absolute atomic E-state index is 0.00333. The molecule has 0 aliphatic rings. The monoisotopic (exact) mass is 355 g/mol. The second-order valence-corrected chi connectivity index (χ2v) is 5.87. The van der Waals surface area contributed by atoms with Crippen LogP contribution in [0.5, 0.6) is 0 Å². The molecule has 3 N–H and O–H groups in total. The maximum absolute atomic E-state index is 9.03. The summed E-state index contributed by atoms with van der Waals surface area (Å²) in [5.74, 6) is 1.05. The minimum Gasteiger partial charge on any atom is -0.395 e. The number of anilines is 3. The van der Waals surface area contributed by atoms with Crippen molar-refractivity contribution in [3.05, 3.63) is 59.4 Å². The van der Waals surface area contributed by atoms with Gasteiger partial charge in [0.25, 0.3) is 0 Å². The van der Waals surface area contributed by atoms with Crippen LogP contribution in [-0.2, 0) is 0 Å². The van der Waals surface area contributed by atoms with Crippen LogP contribution in [0.1, 0.15) is 5.56 Å². The zero-order valence-corrected chi connectivity index (χ0v) is 14.5. The van der Waals surface area contributed by atoms with Crippen molar-refractivity contribution in [2.45, 2.75) is 6.92 Å². The highest BCUT2D eigenvalue weighted by Gasteiger charge is 2.08. The molecule has 0 aliphatic heterocycles. The lowest BCUT2D eigenvalue weighted by atomic mass is 10.2. The number of aromatic nitrogens is 3. The van der Waals surface area contributed by atoms with Crippen molar-refractivity contribution in [1.29, 1.82) is 0 Å². The Morgan fingerprint density at radius 2 is 2.04 bits per heavy atom. The molecule has 0 unspecified atom stereocenters. The van der Waals surface area contributed by atoms with E-state index in [2.05, 4.69) is 25.6 Å². The predicted molar refractivity (Wildman–Crippen MR) is 100 cm³/mol. The largest absolute Gasteiger partial charge is 0.395 e. The average molecular weight is 356 g/mol. The molecule has 0 fully saturated rings. The van der Waals surface area contributed by atoms with Gasteiger partial charge in [-0.25, -0.2) is 4.98 Å². The lowest BCUT2D eigenvalue weighted by Gasteiger charge is -2.12. The number of nitrogens with zero attached hydrogens (tertiary/aromatic N) is 3. The molecule has 0 saturated heterocycles. The average Bonchev–Trinajstić information content (AvgIpc) is 2.63. The van der Waals surface area contributed by atoms with Gasteiger partial charge in [0.15, 0.2) is 0 Å². The fourth-order valence-electron chi connectivity index (χ4n) is 2.29. The summed E-state index contributed by atoms with van der Waals surface area (Å²) < 4.78 is 0. The van der Waals surface area contributed by atoms with Crippen LogP contribution >= 0.6 is 11.6 Å². The number of pyridine rings is 1. The highest BCUT2D eigenvalue weighted by Crippen LogP contribution is 2.26. The Labute approximate surface area is 150 Å².